The van der Waals surface area contributed by atoms with E-state index in [2.05, 4.69) is 19.2 Å². The SMILES string of the molecule is CCCNC(C)c1ccc(OC)cc1OCCCF. The number of nitrogens with one attached hydrogen (secondary N) is 1. The first-order valence-electron chi connectivity index (χ1n) is 6.83. The Hall–Kier alpha value is -1.29. The van der Waals surface area contributed by atoms with Gasteiger partial charge in [-0.2, -0.15) is 0 Å². The van der Waals surface area contributed by atoms with Crippen LogP contribution in [0.4, 0.5) is 4.39 Å². The molecule has 0 spiro atoms. The van der Waals surface area contributed by atoms with Crippen LogP contribution in [0.15, 0.2) is 18.2 Å². The Morgan fingerprint density at radius 2 is 2.16 bits per heavy atom. The number of rotatable bonds is 9. The van der Waals surface area contributed by atoms with Crippen molar-refractivity contribution < 1.29 is 13.9 Å². The minimum absolute atomic E-state index is 0.200. The van der Waals surface area contributed by atoms with Crippen molar-refractivity contribution in [3.63, 3.8) is 0 Å². The molecule has 1 atom stereocenters. The van der Waals surface area contributed by atoms with Gasteiger partial charge >= 0.3 is 0 Å². The van der Waals surface area contributed by atoms with E-state index >= 15 is 0 Å². The highest BCUT2D eigenvalue weighted by Gasteiger charge is 2.12. The average molecular weight is 269 g/mol. The van der Waals surface area contributed by atoms with Crippen LogP contribution in [0.25, 0.3) is 0 Å². The Morgan fingerprint density at radius 1 is 1.37 bits per heavy atom. The Balaban J connectivity index is 2.81. The van der Waals surface area contributed by atoms with Gasteiger partial charge in [-0.1, -0.05) is 13.0 Å². The molecule has 1 rings (SSSR count). The van der Waals surface area contributed by atoms with Gasteiger partial charge in [0.05, 0.1) is 20.4 Å². The summed E-state index contributed by atoms with van der Waals surface area (Å²) >= 11 is 0. The fourth-order valence-corrected chi connectivity index (χ4v) is 1.83. The zero-order chi connectivity index (χ0) is 14.1. The molecule has 0 saturated carbocycles. The Morgan fingerprint density at radius 3 is 2.79 bits per heavy atom. The number of alkyl halides is 1. The first-order valence-corrected chi connectivity index (χ1v) is 6.83. The number of hydrogen-bond acceptors (Lipinski definition) is 3. The van der Waals surface area contributed by atoms with Crippen molar-refractivity contribution in [1.29, 1.82) is 0 Å². The van der Waals surface area contributed by atoms with Gasteiger partial charge in [0.2, 0.25) is 0 Å². The number of halogens is 1. The van der Waals surface area contributed by atoms with Crippen molar-refractivity contribution in [1.82, 2.24) is 5.32 Å². The highest BCUT2D eigenvalue weighted by Crippen LogP contribution is 2.29. The minimum Gasteiger partial charge on any atom is -0.497 e. The van der Waals surface area contributed by atoms with Gasteiger partial charge in [0, 0.05) is 24.1 Å². The van der Waals surface area contributed by atoms with Crippen LogP contribution < -0.4 is 14.8 Å². The van der Waals surface area contributed by atoms with Crippen LogP contribution in [0.3, 0.4) is 0 Å². The molecule has 0 heterocycles. The predicted octanol–water partition coefficient (Wildman–Crippen LogP) is 3.49. The summed E-state index contributed by atoms with van der Waals surface area (Å²) in [5.41, 5.74) is 1.08. The summed E-state index contributed by atoms with van der Waals surface area (Å²) in [5, 5.41) is 3.42. The lowest BCUT2D eigenvalue weighted by atomic mass is 10.1. The maximum atomic E-state index is 12.1. The summed E-state index contributed by atoms with van der Waals surface area (Å²) in [6.45, 7) is 5.21. The normalized spacial score (nSPS) is 12.2. The second-order valence-electron chi connectivity index (χ2n) is 4.47. The number of methoxy groups -OCH3 is 1. The molecule has 1 aromatic rings. The molecular weight excluding hydrogens is 245 g/mol. The molecule has 0 aromatic heterocycles. The van der Waals surface area contributed by atoms with Gasteiger partial charge in [-0.05, 0) is 26.0 Å². The minimum atomic E-state index is -0.358. The van der Waals surface area contributed by atoms with Crippen LogP contribution in [0, 0.1) is 0 Å². The molecule has 0 aliphatic rings. The van der Waals surface area contributed by atoms with E-state index in [4.69, 9.17) is 9.47 Å². The fraction of sp³-hybridized carbons (Fsp3) is 0.600. The first kappa shape index (κ1) is 15.8. The number of benzene rings is 1. The molecule has 0 fully saturated rings. The van der Waals surface area contributed by atoms with Gasteiger partial charge in [-0.25, -0.2) is 0 Å². The van der Waals surface area contributed by atoms with E-state index in [0.29, 0.717) is 13.0 Å². The number of ether oxygens (including phenoxy) is 2. The van der Waals surface area contributed by atoms with Crippen LogP contribution in [0.1, 0.15) is 38.3 Å². The molecule has 108 valence electrons. The second kappa shape index (κ2) is 8.75. The number of hydrogen-bond donors (Lipinski definition) is 1. The zero-order valence-electron chi connectivity index (χ0n) is 12.0. The molecule has 0 amide bonds. The van der Waals surface area contributed by atoms with Crippen LogP contribution in [-0.4, -0.2) is 26.9 Å². The van der Waals surface area contributed by atoms with E-state index in [-0.39, 0.29) is 12.7 Å². The van der Waals surface area contributed by atoms with E-state index in [1.807, 2.05) is 18.2 Å². The van der Waals surface area contributed by atoms with Crippen LogP contribution >= 0.6 is 0 Å². The van der Waals surface area contributed by atoms with E-state index in [1.165, 1.54) is 0 Å². The molecule has 0 radical (unpaired) electrons. The van der Waals surface area contributed by atoms with Gasteiger partial charge in [0.1, 0.15) is 11.5 Å². The van der Waals surface area contributed by atoms with Crippen molar-refractivity contribution in [3.8, 4) is 11.5 Å². The summed E-state index contributed by atoms with van der Waals surface area (Å²) < 4.78 is 23.0. The molecule has 0 aliphatic heterocycles. The summed E-state index contributed by atoms with van der Waals surface area (Å²) in [5.74, 6) is 1.52. The summed E-state index contributed by atoms with van der Waals surface area (Å²) in [4.78, 5) is 0. The maximum absolute atomic E-state index is 12.1. The molecule has 1 N–H and O–H groups in total. The molecule has 0 aliphatic carbocycles. The zero-order valence-corrected chi connectivity index (χ0v) is 12.0. The van der Waals surface area contributed by atoms with Crippen molar-refractivity contribution in [2.75, 3.05) is 26.9 Å². The lowest BCUT2D eigenvalue weighted by Gasteiger charge is -2.19. The Kier molecular flexibility index (Phi) is 7.26. The smallest absolute Gasteiger partial charge is 0.127 e. The van der Waals surface area contributed by atoms with E-state index in [0.717, 1.165) is 30.0 Å². The van der Waals surface area contributed by atoms with Crippen molar-refractivity contribution in [2.24, 2.45) is 0 Å². The average Bonchev–Trinajstić information content (AvgIpc) is 2.44. The molecular formula is C15H24FNO2. The lowest BCUT2D eigenvalue weighted by molar-refractivity contribution is 0.283. The Bertz CT molecular complexity index is 371. The molecule has 3 nitrogen and oxygen atoms in total. The third kappa shape index (κ3) is 5.07. The van der Waals surface area contributed by atoms with E-state index < -0.39 is 0 Å². The fourth-order valence-electron chi connectivity index (χ4n) is 1.83. The molecule has 0 saturated heterocycles. The summed E-state index contributed by atoms with van der Waals surface area (Å²) in [6.07, 6.45) is 1.49. The highest BCUT2D eigenvalue weighted by atomic mass is 19.1. The van der Waals surface area contributed by atoms with Crippen LogP contribution in [0.2, 0.25) is 0 Å². The highest BCUT2D eigenvalue weighted by molar-refractivity contribution is 5.42. The van der Waals surface area contributed by atoms with Crippen molar-refractivity contribution in [2.45, 2.75) is 32.7 Å². The van der Waals surface area contributed by atoms with Gasteiger partial charge in [-0.3, -0.25) is 4.39 Å². The standard InChI is InChI=1S/C15H24FNO2/c1-4-9-17-12(2)14-7-6-13(18-3)11-15(14)19-10-5-8-16/h6-7,11-12,17H,4-5,8-10H2,1-3H3. The summed E-state index contributed by atoms with van der Waals surface area (Å²) in [7, 11) is 1.62. The topological polar surface area (TPSA) is 30.5 Å². The van der Waals surface area contributed by atoms with Gasteiger partial charge in [-0.15, -0.1) is 0 Å². The van der Waals surface area contributed by atoms with Crippen LogP contribution in [-0.2, 0) is 0 Å². The molecule has 19 heavy (non-hydrogen) atoms. The third-order valence-corrected chi connectivity index (χ3v) is 2.92. The molecule has 4 heteroatoms. The van der Waals surface area contributed by atoms with Crippen LogP contribution in [0.5, 0.6) is 11.5 Å². The van der Waals surface area contributed by atoms with Crippen molar-refractivity contribution >= 4 is 0 Å². The van der Waals surface area contributed by atoms with Gasteiger partial charge in [0.25, 0.3) is 0 Å². The summed E-state index contributed by atoms with van der Waals surface area (Å²) in [6, 6.07) is 5.97. The predicted molar refractivity (Wildman–Crippen MR) is 75.8 cm³/mol. The molecule has 0 bridgehead atoms. The van der Waals surface area contributed by atoms with Crippen molar-refractivity contribution in [3.05, 3.63) is 23.8 Å². The van der Waals surface area contributed by atoms with Gasteiger partial charge in [0.15, 0.2) is 0 Å². The maximum Gasteiger partial charge on any atom is 0.127 e. The second-order valence-corrected chi connectivity index (χ2v) is 4.47. The Labute approximate surface area is 115 Å². The van der Waals surface area contributed by atoms with Gasteiger partial charge < -0.3 is 14.8 Å². The largest absolute Gasteiger partial charge is 0.497 e. The molecule has 1 unspecified atom stereocenters. The quantitative estimate of drug-likeness (QED) is 0.696. The first-order chi connectivity index (χ1) is 9.22. The van der Waals surface area contributed by atoms with E-state index in [9.17, 15) is 4.39 Å². The monoisotopic (exact) mass is 269 g/mol. The van der Waals surface area contributed by atoms with E-state index in [1.54, 1.807) is 7.11 Å². The molecule has 1 aromatic carbocycles. The lowest BCUT2D eigenvalue weighted by Crippen LogP contribution is -2.20. The third-order valence-electron chi connectivity index (χ3n) is 2.92.